The van der Waals surface area contributed by atoms with Crippen molar-refractivity contribution in [3.63, 3.8) is 0 Å². The molecule has 9 heteroatoms. The third-order valence-corrected chi connectivity index (χ3v) is 5.84. The molecule has 0 aliphatic carbocycles. The number of amides is 1. The van der Waals surface area contributed by atoms with Crippen LogP contribution in [0.25, 0.3) is 11.0 Å². The molecule has 0 fully saturated rings. The van der Waals surface area contributed by atoms with Gasteiger partial charge in [-0.1, -0.05) is 29.8 Å². The number of furan rings is 1. The number of ether oxygens (including phenoxy) is 1. The monoisotopic (exact) mass is 478 g/mol. The van der Waals surface area contributed by atoms with Gasteiger partial charge in [0, 0.05) is 17.3 Å². The number of halogens is 2. The summed E-state index contributed by atoms with van der Waals surface area (Å²) < 4.78 is 24.8. The van der Waals surface area contributed by atoms with Crippen molar-refractivity contribution >= 4 is 39.9 Å². The average Bonchev–Trinajstić information content (AvgIpc) is 3.40. The molecule has 4 aromatic rings. The van der Waals surface area contributed by atoms with E-state index < -0.39 is 29.3 Å². The number of para-hydroxylation sites is 1. The number of hydrogen-bond acceptors (Lipinski definition) is 6. The summed E-state index contributed by atoms with van der Waals surface area (Å²) in [4.78, 5) is 32.2. The first-order valence-electron chi connectivity index (χ1n) is 10.1. The van der Waals surface area contributed by atoms with Crippen LogP contribution >= 0.6 is 11.6 Å². The SMILES string of the molecule is COc1cccc2cc(C(=O)C3=C(O)C(=O)N(c4ccc(F)c(Cl)c4)C3c3ccccn3)oc12. The van der Waals surface area contributed by atoms with Gasteiger partial charge < -0.3 is 14.3 Å². The van der Waals surface area contributed by atoms with Gasteiger partial charge in [0.1, 0.15) is 11.9 Å². The normalized spacial score (nSPS) is 15.9. The highest BCUT2D eigenvalue weighted by Crippen LogP contribution is 2.42. The number of Topliss-reactive ketones (excluding diaryl/α,β-unsaturated/α-hetero) is 1. The second kappa shape index (κ2) is 8.31. The first kappa shape index (κ1) is 21.7. The minimum atomic E-state index is -1.10. The number of carbonyl (C=O) groups excluding carboxylic acids is 2. The summed E-state index contributed by atoms with van der Waals surface area (Å²) in [7, 11) is 1.48. The highest BCUT2D eigenvalue weighted by Gasteiger charge is 2.46. The van der Waals surface area contributed by atoms with Gasteiger partial charge in [-0.25, -0.2) is 4.39 Å². The maximum atomic E-state index is 13.8. The smallest absolute Gasteiger partial charge is 0.294 e. The van der Waals surface area contributed by atoms with Crippen molar-refractivity contribution < 1.29 is 28.2 Å². The number of rotatable bonds is 5. The van der Waals surface area contributed by atoms with Crippen LogP contribution in [0.2, 0.25) is 5.02 Å². The molecule has 5 rings (SSSR count). The Hall–Kier alpha value is -4.17. The fourth-order valence-corrected chi connectivity index (χ4v) is 4.17. The van der Waals surface area contributed by atoms with Crippen LogP contribution in [0.15, 0.2) is 82.6 Å². The maximum Gasteiger partial charge on any atom is 0.294 e. The largest absolute Gasteiger partial charge is 0.503 e. The molecule has 1 atom stereocenters. The van der Waals surface area contributed by atoms with Crippen molar-refractivity contribution in [2.24, 2.45) is 0 Å². The molecule has 0 saturated heterocycles. The van der Waals surface area contributed by atoms with E-state index in [0.29, 0.717) is 22.4 Å². The van der Waals surface area contributed by atoms with E-state index in [0.717, 1.165) is 11.0 Å². The lowest BCUT2D eigenvalue weighted by Crippen LogP contribution is -2.31. The molecular formula is C25H16ClFN2O5. The number of ketones is 1. The van der Waals surface area contributed by atoms with Crippen LogP contribution < -0.4 is 9.64 Å². The predicted molar refractivity (Wildman–Crippen MR) is 123 cm³/mol. The Balaban J connectivity index is 1.66. The van der Waals surface area contributed by atoms with Crippen LogP contribution in [0.5, 0.6) is 5.75 Å². The predicted octanol–water partition coefficient (Wildman–Crippen LogP) is 5.41. The summed E-state index contributed by atoms with van der Waals surface area (Å²) in [6, 6.07) is 14.3. The number of aliphatic hydroxyl groups is 1. The first-order valence-corrected chi connectivity index (χ1v) is 10.5. The van der Waals surface area contributed by atoms with E-state index in [1.165, 1.54) is 31.5 Å². The summed E-state index contributed by atoms with van der Waals surface area (Å²) in [6.07, 6.45) is 1.50. The van der Waals surface area contributed by atoms with Gasteiger partial charge in [-0.05, 0) is 42.5 Å². The Morgan fingerprint density at radius 1 is 1.18 bits per heavy atom. The lowest BCUT2D eigenvalue weighted by Gasteiger charge is -2.26. The van der Waals surface area contributed by atoms with Gasteiger partial charge in [0.25, 0.3) is 5.91 Å². The summed E-state index contributed by atoms with van der Waals surface area (Å²) in [5, 5.41) is 11.2. The van der Waals surface area contributed by atoms with Crippen molar-refractivity contribution in [2.45, 2.75) is 6.04 Å². The Morgan fingerprint density at radius 2 is 2.00 bits per heavy atom. The zero-order valence-electron chi connectivity index (χ0n) is 17.7. The van der Waals surface area contributed by atoms with Crippen molar-refractivity contribution in [1.29, 1.82) is 0 Å². The fourth-order valence-electron chi connectivity index (χ4n) is 4.00. The summed E-state index contributed by atoms with van der Waals surface area (Å²) in [6.45, 7) is 0. The van der Waals surface area contributed by atoms with E-state index in [1.54, 1.807) is 36.4 Å². The maximum absolute atomic E-state index is 13.8. The molecule has 0 saturated carbocycles. The molecule has 170 valence electrons. The van der Waals surface area contributed by atoms with Crippen LogP contribution in [0.3, 0.4) is 0 Å². The van der Waals surface area contributed by atoms with Crippen LogP contribution in [-0.2, 0) is 4.79 Å². The average molecular weight is 479 g/mol. The third kappa shape index (κ3) is 3.39. The Bertz CT molecular complexity index is 1480. The van der Waals surface area contributed by atoms with E-state index in [2.05, 4.69) is 4.98 Å². The summed E-state index contributed by atoms with van der Waals surface area (Å²) in [5.74, 6) is -2.63. The fraction of sp³-hybridized carbons (Fsp3) is 0.0800. The molecular weight excluding hydrogens is 463 g/mol. The van der Waals surface area contributed by atoms with Crippen LogP contribution in [0, 0.1) is 5.82 Å². The van der Waals surface area contributed by atoms with E-state index in [4.69, 9.17) is 20.8 Å². The number of nitrogens with zero attached hydrogens (tertiary/aromatic N) is 2. The zero-order valence-corrected chi connectivity index (χ0v) is 18.4. The minimum absolute atomic E-state index is 0.0891. The van der Waals surface area contributed by atoms with Crippen LogP contribution in [0.1, 0.15) is 22.3 Å². The van der Waals surface area contributed by atoms with Crippen molar-refractivity contribution in [1.82, 2.24) is 4.98 Å². The molecule has 0 radical (unpaired) electrons. The Kier molecular flexibility index (Phi) is 5.30. The number of carbonyl (C=O) groups is 2. The Labute approximate surface area is 197 Å². The second-order valence-corrected chi connectivity index (χ2v) is 7.92. The zero-order chi connectivity index (χ0) is 24.0. The number of pyridine rings is 1. The molecule has 2 aromatic heterocycles. The number of anilines is 1. The molecule has 1 unspecified atom stereocenters. The topological polar surface area (TPSA) is 92.9 Å². The lowest BCUT2D eigenvalue weighted by atomic mass is 9.98. The molecule has 1 N–H and O–H groups in total. The standard InChI is InChI=1S/C25H16ClFN2O5/c1-33-18-7-4-5-13-11-19(34-24(13)18)22(30)20-21(17-6-2-3-10-28-17)29(25(32)23(20)31)14-8-9-16(27)15(26)12-14/h2-12,21,31H,1H3. The minimum Gasteiger partial charge on any atom is -0.503 e. The molecule has 0 spiro atoms. The molecule has 34 heavy (non-hydrogen) atoms. The van der Waals surface area contributed by atoms with Gasteiger partial charge in [-0.15, -0.1) is 0 Å². The van der Waals surface area contributed by atoms with E-state index in [1.807, 2.05) is 0 Å². The molecule has 2 aromatic carbocycles. The highest BCUT2D eigenvalue weighted by molar-refractivity contribution is 6.31. The Morgan fingerprint density at radius 3 is 2.71 bits per heavy atom. The third-order valence-electron chi connectivity index (χ3n) is 5.55. The van der Waals surface area contributed by atoms with Crippen molar-refractivity contribution in [3.05, 3.63) is 100 Å². The number of aliphatic hydroxyl groups excluding tert-OH is 1. The van der Waals surface area contributed by atoms with Gasteiger partial charge in [0.15, 0.2) is 22.9 Å². The molecule has 1 aliphatic rings. The number of fused-ring (bicyclic) bond motifs is 1. The number of hydrogen-bond donors (Lipinski definition) is 1. The first-order chi connectivity index (χ1) is 16.4. The van der Waals surface area contributed by atoms with E-state index in [9.17, 15) is 19.1 Å². The van der Waals surface area contributed by atoms with E-state index in [-0.39, 0.29) is 22.0 Å². The van der Waals surface area contributed by atoms with Gasteiger partial charge in [0.05, 0.1) is 23.4 Å². The molecule has 0 bridgehead atoms. The van der Waals surface area contributed by atoms with Gasteiger partial charge >= 0.3 is 0 Å². The summed E-state index contributed by atoms with van der Waals surface area (Å²) >= 11 is 5.94. The number of benzene rings is 2. The number of methoxy groups -OCH3 is 1. The molecule has 7 nitrogen and oxygen atoms in total. The lowest BCUT2D eigenvalue weighted by molar-refractivity contribution is -0.117. The quantitative estimate of drug-likeness (QED) is 0.385. The second-order valence-electron chi connectivity index (χ2n) is 7.51. The highest BCUT2D eigenvalue weighted by atomic mass is 35.5. The van der Waals surface area contributed by atoms with Gasteiger partial charge in [-0.2, -0.15) is 0 Å². The van der Waals surface area contributed by atoms with Gasteiger partial charge in [-0.3, -0.25) is 19.5 Å². The van der Waals surface area contributed by atoms with Crippen LogP contribution in [0.4, 0.5) is 10.1 Å². The van der Waals surface area contributed by atoms with Crippen molar-refractivity contribution in [2.75, 3.05) is 12.0 Å². The molecule has 1 amide bonds. The van der Waals surface area contributed by atoms with Crippen molar-refractivity contribution in [3.8, 4) is 5.75 Å². The van der Waals surface area contributed by atoms with Crippen LogP contribution in [-0.4, -0.2) is 28.9 Å². The number of aromatic nitrogens is 1. The van der Waals surface area contributed by atoms with E-state index >= 15 is 0 Å². The van der Waals surface area contributed by atoms with Gasteiger partial charge in [0.2, 0.25) is 5.78 Å². The molecule has 3 heterocycles. The molecule has 1 aliphatic heterocycles. The summed E-state index contributed by atoms with van der Waals surface area (Å²) in [5.41, 5.74) is 0.640.